The van der Waals surface area contributed by atoms with Crippen LogP contribution in [0.25, 0.3) is 11.3 Å². The number of benzene rings is 2. The summed E-state index contributed by atoms with van der Waals surface area (Å²) in [4.78, 5) is 11.8. The number of carbonyl (C=O) groups excluding carboxylic acids is 1. The second-order valence-electron chi connectivity index (χ2n) is 6.04. The first-order valence-electron chi connectivity index (χ1n) is 8.39. The Kier molecular flexibility index (Phi) is 5.66. The highest BCUT2D eigenvalue weighted by Gasteiger charge is 2.05. The number of hydrazone groups is 1. The van der Waals surface area contributed by atoms with Gasteiger partial charge in [0.15, 0.2) is 6.61 Å². The minimum Gasteiger partial charge on any atom is -0.484 e. The Bertz CT molecular complexity index is 962. The van der Waals surface area contributed by atoms with Gasteiger partial charge in [0.1, 0.15) is 23.1 Å². The molecule has 0 aliphatic carbocycles. The van der Waals surface area contributed by atoms with Gasteiger partial charge in [-0.2, -0.15) is 5.10 Å². The summed E-state index contributed by atoms with van der Waals surface area (Å²) < 4.78 is 24.0. The van der Waals surface area contributed by atoms with Gasteiger partial charge in [0.2, 0.25) is 0 Å². The molecule has 0 aliphatic rings. The number of hydrogen-bond donors (Lipinski definition) is 1. The van der Waals surface area contributed by atoms with Crippen molar-refractivity contribution in [2.24, 2.45) is 5.10 Å². The van der Waals surface area contributed by atoms with E-state index in [2.05, 4.69) is 10.5 Å². The molecule has 1 aromatic heterocycles. The Hall–Kier alpha value is -3.41. The molecular formula is C21H19FN2O3. The van der Waals surface area contributed by atoms with Crippen LogP contribution in [0.15, 0.2) is 64.1 Å². The van der Waals surface area contributed by atoms with Crippen LogP contribution >= 0.6 is 0 Å². The first-order valence-corrected chi connectivity index (χ1v) is 8.39. The predicted molar refractivity (Wildman–Crippen MR) is 101 cm³/mol. The molecule has 6 heteroatoms. The van der Waals surface area contributed by atoms with Crippen molar-refractivity contribution < 1.29 is 18.3 Å². The smallest absolute Gasteiger partial charge is 0.277 e. The first-order chi connectivity index (χ1) is 13.0. The van der Waals surface area contributed by atoms with E-state index in [0.29, 0.717) is 17.3 Å². The number of nitrogens with one attached hydrogen (secondary N) is 1. The zero-order chi connectivity index (χ0) is 19.2. The minimum absolute atomic E-state index is 0.140. The topological polar surface area (TPSA) is 63.8 Å². The Morgan fingerprint density at radius 1 is 1.11 bits per heavy atom. The lowest BCUT2D eigenvalue weighted by Crippen LogP contribution is -2.24. The maximum absolute atomic E-state index is 13.0. The second kappa shape index (κ2) is 8.31. The monoisotopic (exact) mass is 366 g/mol. The molecule has 0 atom stereocenters. The van der Waals surface area contributed by atoms with E-state index >= 15 is 0 Å². The van der Waals surface area contributed by atoms with Crippen molar-refractivity contribution in [1.29, 1.82) is 0 Å². The number of halogens is 1. The summed E-state index contributed by atoms with van der Waals surface area (Å²) in [5.41, 5.74) is 5.39. The van der Waals surface area contributed by atoms with Crippen molar-refractivity contribution >= 4 is 12.1 Å². The van der Waals surface area contributed by atoms with E-state index in [1.807, 2.05) is 32.0 Å². The van der Waals surface area contributed by atoms with Crippen molar-refractivity contribution in [3.05, 3.63) is 77.3 Å². The number of amides is 1. The highest BCUT2D eigenvalue weighted by Crippen LogP contribution is 2.21. The van der Waals surface area contributed by atoms with E-state index in [1.54, 1.807) is 24.3 Å². The van der Waals surface area contributed by atoms with Crippen LogP contribution in [-0.4, -0.2) is 18.7 Å². The van der Waals surface area contributed by atoms with Crippen molar-refractivity contribution in [3.63, 3.8) is 0 Å². The second-order valence-corrected chi connectivity index (χ2v) is 6.04. The lowest BCUT2D eigenvalue weighted by Gasteiger charge is -2.07. The predicted octanol–water partition coefficient (Wildman–Crippen LogP) is 4.23. The standard InChI is InChI=1S/C21H19FN2O3/c1-14-3-8-18(11-15(14)2)26-13-21(25)24-23-12-19-9-10-20(27-19)16-4-6-17(22)7-5-16/h3-12H,13H2,1-2H3,(H,24,25)/b23-12-. The van der Waals surface area contributed by atoms with E-state index in [4.69, 9.17) is 9.15 Å². The largest absolute Gasteiger partial charge is 0.484 e. The average molecular weight is 366 g/mol. The van der Waals surface area contributed by atoms with Gasteiger partial charge in [-0.3, -0.25) is 4.79 Å². The molecule has 27 heavy (non-hydrogen) atoms. The summed E-state index contributed by atoms with van der Waals surface area (Å²) in [6.45, 7) is 3.85. The van der Waals surface area contributed by atoms with Crippen LogP contribution < -0.4 is 10.2 Å². The Morgan fingerprint density at radius 2 is 1.89 bits per heavy atom. The number of carbonyl (C=O) groups is 1. The zero-order valence-corrected chi connectivity index (χ0v) is 15.0. The van der Waals surface area contributed by atoms with Crippen LogP contribution in [0.5, 0.6) is 5.75 Å². The maximum Gasteiger partial charge on any atom is 0.277 e. The van der Waals surface area contributed by atoms with E-state index < -0.39 is 0 Å². The quantitative estimate of drug-likeness (QED) is 0.524. The third-order valence-electron chi connectivity index (χ3n) is 3.98. The molecule has 1 amide bonds. The molecule has 0 saturated heterocycles. The molecule has 1 heterocycles. The number of nitrogens with zero attached hydrogens (tertiary/aromatic N) is 1. The van der Waals surface area contributed by atoms with Crippen LogP contribution in [0.1, 0.15) is 16.9 Å². The van der Waals surface area contributed by atoms with Gasteiger partial charge in [-0.1, -0.05) is 6.07 Å². The molecule has 1 N–H and O–H groups in total. The SMILES string of the molecule is Cc1ccc(OCC(=O)N/N=C\c2ccc(-c3ccc(F)cc3)o2)cc1C. The van der Waals surface area contributed by atoms with E-state index in [9.17, 15) is 9.18 Å². The molecule has 0 saturated carbocycles. The van der Waals surface area contributed by atoms with E-state index in [1.165, 1.54) is 18.3 Å². The molecule has 3 aromatic rings. The van der Waals surface area contributed by atoms with Crippen LogP contribution in [0, 0.1) is 19.7 Å². The lowest BCUT2D eigenvalue weighted by molar-refractivity contribution is -0.123. The fourth-order valence-electron chi connectivity index (χ4n) is 2.34. The Morgan fingerprint density at radius 3 is 2.63 bits per heavy atom. The summed E-state index contributed by atoms with van der Waals surface area (Å²) >= 11 is 0. The van der Waals surface area contributed by atoms with E-state index in [0.717, 1.165) is 16.7 Å². The highest BCUT2D eigenvalue weighted by molar-refractivity contribution is 5.81. The number of ether oxygens (including phenoxy) is 1. The molecule has 138 valence electrons. The fourth-order valence-corrected chi connectivity index (χ4v) is 2.34. The third kappa shape index (κ3) is 5.04. The Labute approximate surface area is 156 Å². The number of rotatable bonds is 6. The molecule has 3 rings (SSSR count). The van der Waals surface area contributed by atoms with Crippen molar-refractivity contribution in [2.45, 2.75) is 13.8 Å². The van der Waals surface area contributed by atoms with Crippen LogP contribution in [-0.2, 0) is 4.79 Å². The molecule has 0 unspecified atom stereocenters. The molecule has 2 aromatic carbocycles. The van der Waals surface area contributed by atoms with Gasteiger partial charge >= 0.3 is 0 Å². The van der Waals surface area contributed by atoms with Gasteiger partial charge in [0, 0.05) is 5.56 Å². The number of hydrogen-bond acceptors (Lipinski definition) is 4. The van der Waals surface area contributed by atoms with Crippen LogP contribution in [0.3, 0.4) is 0 Å². The molecule has 0 fully saturated rings. The lowest BCUT2D eigenvalue weighted by atomic mass is 10.1. The van der Waals surface area contributed by atoms with Crippen LogP contribution in [0.4, 0.5) is 4.39 Å². The minimum atomic E-state index is -0.380. The first kappa shape index (κ1) is 18.4. The van der Waals surface area contributed by atoms with Crippen molar-refractivity contribution in [2.75, 3.05) is 6.61 Å². The molecule has 0 bridgehead atoms. The third-order valence-corrected chi connectivity index (χ3v) is 3.98. The van der Waals surface area contributed by atoms with Gasteiger partial charge < -0.3 is 9.15 Å². The molecule has 0 aliphatic heterocycles. The number of aryl methyl sites for hydroxylation is 2. The normalized spacial score (nSPS) is 10.9. The maximum atomic E-state index is 13.0. The summed E-state index contributed by atoms with van der Waals surface area (Å²) in [6, 6.07) is 15.1. The van der Waals surface area contributed by atoms with Gasteiger partial charge in [0.25, 0.3) is 5.91 Å². The average Bonchev–Trinajstić information content (AvgIpc) is 3.12. The summed E-state index contributed by atoms with van der Waals surface area (Å²) in [5.74, 6) is 0.991. The molecule has 0 spiro atoms. The molecular weight excluding hydrogens is 347 g/mol. The van der Waals surface area contributed by atoms with Crippen molar-refractivity contribution in [3.8, 4) is 17.1 Å². The van der Waals surface area contributed by atoms with Gasteiger partial charge in [-0.15, -0.1) is 0 Å². The summed E-state index contributed by atoms with van der Waals surface area (Å²) in [6.07, 6.45) is 1.39. The summed E-state index contributed by atoms with van der Waals surface area (Å²) in [7, 11) is 0. The van der Waals surface area contributed by atoms with Crippen LogP contribution in [0.2, 0.25) is 0 Å². The van der Waals surface area contributed by atoms with E-state index in [-0.39, 0.29) is 18.3 Å². The van der Waals surface area contributed by atoms with Gasteiger partial charge in [0.05, 0.1) is 6.21 Å². The Balaban J connectivity index is 1.50. The fraction of sp³-hybridized carbons (Fsp3) is 0.143. The molecule has 5 nitrogen and oxygen atoms in total. The highest BCUT2D eigenvalue weighted by atomic mass is 19.1. The molecule has 0 radical (unpaired) electrons. The summed E-state index contributed by atoms with van der Waals surface area (Å²) in [5, 5.41) is 3.85. The van der Waals surface area contributed by atoms with Gasteiger partial charge in [-0.25, -0.2) is 9.82 Å². The van der Waals surface area contributed by atoms with Gasteiger partial charge in [-0.05, 0) is 73.5 Å². The van der Waals surface area contributed by atoms with Crippen molar-refractivity contribution in [1.82, 2.24) is 5.43 Å². The number of furan rings is 1. The zero-order valence-electron chi connectivity index (χ0n) is 15.0.